The summed E-state index contributed by atoms with van der Waals surface area (Å²) < 4.78 is 10.5. The molecule has 0 aliphatic carbocycles. The summed E-state index contributed by atoms with van der Waals surface area (Å²) in [5.74, 6) is -1.96. The molecule has 0 aliphatic heterocycles. The van der Waals surface area contributed by atoms with Crippen molar-refractivity contribution < 1.29 is 33.8 Å². The molecule has 206 valence electrons. The van der Waals surface area contributed by atoms with Gasteiger partial charge in [0, 0.05) is 10.5 Å². The van der Waals surface area contributed by atoms with E-state index in [0.717, 1.165) is 16.0 Å². The molecule has 0 aliphatic rings. The van der Waals surface area contributed by atoms with E-state index in [9.17, 15) is 24.3 Å². The number of methoxy groups -OCH3 is 2. The van der Waals surface area contributed by atoms with Crippen molar-refractivity contribution in [2.45, 2.75) is 57.5 Å². The number of carboxylic acids is 1. The molecular weight excluding hydrogens is 508 g/mol. The first-order chi connectivity index (χ1) is 17.9. The lowest BCUT2D eigenvalue weighted by atomic mass is 10.0. The van der Waals surface area contributed by atoms with E-state index in [-0.39, 0.29) is 18.1 Å². The van der Waals surface area contributed by atoms with Gasteiger partial charge in [-0.05, 0) is 61.2 Å². The molecule has 0 heterocycles. The van der Waals surface area contributed by atoms with Gasteiger partial charge >= 0.3 is 5.97 Å². The number of carboxylic acid groups (broad SMARTS) is 1. The van der Waals surface area contributed by atoms with Crippen LogP contribution < -0.4 is 20.1 Å². The first kappa shape index (κ1) is 30.7. The van der Waals surface area contributed by atoms with Gasteiger partial charge in [-0.2, -0.15) is 0 Å². The van der Waals surface area contributed by atoms with E-state index in [2.05, 4.69) is 10.6 Å². The Morgan fingerprint density at radius 2 is 1.61 bits per heavy atom. The van der Waals surface area contributed by atoms with Crippen molar-refractivity contribution in [1.82, 2.24) is 10.6 Å². The summed E-state index contributed by atoms with van der Waals surface area (Å²) >= 11 is 1.29. The second kappa shape index (κ2) is 14.4. The molecule has 2 aromatic carbocycles. The molecule has 2 amide bonds. The van der Waals surface area contributed by atoms with Gasteiger partial charge in [-0.3, -0.25) is 19.2 Å². The highest BCUT2D eigenvalue weighted by molar-refractivity contribution is 8.00. The van der Waals surface area contributed by atoms with Gasteiger partial charge in [0.1, 0.15) is 17.5 Å². The quantitative estimate of drug-likeness (QED) is 0.309. The van der Waals surface area contributed by atoms with Gasteiger partial charge in [0.25, 0.3) is 0 Å². The fourth-order valence-electron chi connectivity index (χ4n) is 3.91. The van der Waals surface area contributed by atoms with Gasteiger partial charge in [-0.1, -0.05) is 19.9 Å². The van der Waals surface area contributed by atoms with Gasteiger partial charge in [-0.15, -0.1) is 11.8 Å². The van der Waals surface area contributed by atoms with Gasteiger partial charge in [0.15, 0.2) is 5.78 Å². The lowest BCUT2D eigenvalue weighted by Gasteiger charge is -2.25. The van der Waals surface area contributed by atoms with E-state index in [0.29, 0.717) is 17.1 Å². The van der Waals surface area contributed by atoms with Crippen molar-refractivity contribution in [2.24, 2.45) is 5.92 Å². The molecule has 0 fully saturated rings. The van der Waals surface area contributed by atoms with E-state index in [1.54, 1.807) is 32.0 Å². The molecule has 1 unspecified atom stereocenters. The van der Waals surface area contributed by atoms with E-state index in [4.69, 9.17) is 9.47 Å². The minimum absolute atomic E-state index is 0.00450. The van der Waals surface area contributed by atoms with Crippen LogP contribution in [0.3, 0.4) is 0 Å². The number of carbonyl (C=O) groups is 4. The largest absolute Gasteiger partial charge is 0.497 e. The predicted octanol–water partition coefficient (Wildman–Crippen LogP) is 3.32. The molecule has 0 aromatic heterocycles. The number of ketones is 1. The van der Waals surface area contributed by atoms with Crippen molar-refractivity contribution >= 4 is 35.3 Å². The lowest BCUT2D eigenvalue weighted by Crippen LogP contribution is -2.54. The molecule has 0 radical (unpaired) electrons. The Bertz CT molecular complexity index is 1150. The molecule has 0 saturated heterocycles. The number of Topliss-reactive ketones (excluding diaryl/α,β-unsaturated/α-hetero) is 1. The Kier molecular flexibility index (Phi) is 11.6. The highest BCUT2D eigenvalue weighted by Crippen LogP contribution is 2.25. The molecule has 9 nitrogen and oxygen atoms in total. The number of amides is 2. The van der Waals surface area contributed by atoms with Crippen LogP contribution in [0, 0.1) is 19.8 Å². The number of hydrogen-bond acceptors (Lipinski definition) is 7. The molecule has 0 bridgehead atoms. The highest BCUT2D eigenvalue weighted by atomic mass is 32.2. The highest BCUT2D eigenvalue weighted by Gasteiger charge is 2.30. The second-order valence-electron chi connectivity index (χ2n) is 9.38. The van der Waals surface area contributed by atoms with Gasteiger partial charge < -0.3 is 25.2 Å². The van der Waals surface area contributed by atoms with Crippen LogP contribution in [-0.4, -0.2) is 60.7 Å². The van der Waals surface area contributed by atoms with Gasteiger partial charge in [-0.25, -0.2) is 0 Å². The molecule has 2 rings (SSSR count). The van der Waals surface area contributed by atoms with Crippen LogP contribution in [-0.2, 0) is 25.6 Å². The minimum Gasteiger partial charge on any atom is -0.497 e. The fourth-order valence-corrected chi connectivity index (χ4v) is 4.95. The topological polar surface area (TPSA) is 131 Å². The van der Waals surface area contributed by atoms with Crippen LogP contribution >= 0.6 is 11.8 Å². The third-order valence-electron chi connectivity index (χ3n) is 5.76. The molecule has 0 saturated carbocycles. The summed E-state index contributed by atoms with van der Waals surface area (Å²) in [6.07, 6.45) is -0.626. The zero-order chi connectivity index (χ0) is 28.4. The number of thioether (sulfide) groups is 1. The number of hydrogen-bond donors (Lipinski definition) is 3. The van der Waals surface area contributed by atoms with Crippen molar-refractivity contribution in [3.63, 3.8) is 0 Å². The summed E-state index contributed by atoms with van der Waals surface area (Å²) in [5.41, 5.74) is 2.68. The van der Waals surface area contributed by atoms with Crippen molar-refractivity contribution in [2.75, 3.05) is 20.0 Å². The average molecular weight is 545 g/mol. The number of carbonyl (C=O) groups excluding carboxylic acids is 3. The first-order valence-corrected chi connectivity index (χ1v) is 13.2. The number of ether oxygens (including phenoxy) is 2. The van der Waals surface area contributed by atoms with E-state index in [1.807, 2.05) is 32.0 Å². The smallest absolute Gasteiger partial charge is 0.305 e. The maximum absolute atomic E-state index is 13.1. The first-order valence-electron chi connectivity index (χ1n) is 12.2. The van der Waals surface area contributed by atoms with Crippen LogP contribution in [0.2, 0.25) is 0 Å². The molecule has 2 aromatic rings. The van der Waals surface area contributed by atoms with Crippen LogP contribution in [0.15, 0.2) is 41.3 Å². The zero-order valence-electron chi connectivity index (χ0n) is 22.6. The van der Waals surface area contributed by atoms with Crippen LogP contribution in [0.25, 0.3) is 0 Å². The molecule has 0 spiro atoms. The number of benzene rings is 2. The summed E-state index contributed by atoms with van der Waals surface area (Å²) in [6.45, 7) is 7.41. The number of aliphatic carboxylic acids is 1. The SMILES string of the molecule is COc1ccc(OC)c(CC(=O)N[C@H](C(=O)NC(CC(=O)O)C(=O)CSc2cc(C)cc(C)c2)C(C)C)c1. The summed E-state index contributed by atoms with van der Waals surface area (Å²) in [6, 6.07) is 8.77. The summed E-state index contributed by atoms with van der Waals surface area (Å²) in [4.78, 5) is 51.3. The second-order valence-corrected chi connectivity index (χ2v) is 10.4. The normalized spacial score (nSPS) is 12.4. The van der Waals surface area contributed by atoms with Crippen LogP contribution in [0.1, 0.15) is 37.0 Å². The monoisotopic (exact) mass is 544 g/mol. The van der Waals surface area contributed by atoms with E-state index >= 15 is 0 Å². The average Bonchev–Trinajstić information content (AvgIpc) is 2.84. The molecule has 38 heavy (non-hydrogen) atoms. The Morgan fingerprint density at radius 3 is 2.16 bits per heavy atom. The van der Waals surface area contributed by atoms with Gasteiger partial charge in [0.2, 0.25) is 11.8 Å². The lowest BCUT2D eigenvalue weighted by molar-refractivity contribution is -0.140. The minimum atomic E-state index is -1.23. The Hall–Kier alpha value is -3.53. The maximum atomic E-state index is 13.1. The third kappa shape index (κ3) is 9.41. The third-order valence-corrected chi connectivity index (χ3v) is 6.76. The maximum Gasteiger partial charge on any atom is 0.305 e. The number of aryl methyl sites for hydroxylation is 2. The van der Waals surface area contributed by atoms with Gasteiger partial charge in [0.05, 0.1) is 38.9 Å². The van der Waals surface area contributed by atoms with E-state index in [1.165, 1.54) is 26.0 Å². The Morgan fingerprint density at radius 1 is 0.947 bits per heavy atom. The Labute approximate surface area is 227 Å². The number of rotatable bonds is 14. The van der Waals surface area contributed by atoms with Crippen molar-refractivity contribution in [3.8, 4) is 11.5 Å². The van der Waals surface area contributed by atoms with Crippen molar-refractivity contribution in [3.05, 3.63) is 53.1 Å². The molecular formula is C28H36N2O7S. The standard InChI is InChI=1S/C28H36N2O7S/c1-16(2)27(30-25(32)13-19-12-20(36-5)7-8-24(19)37-6)28(35)29-22(14-26(33)34)23(31)15-38-21-10-17(3)9-18(4)11-21/h7-12,16,22,27H,13-15H2,1-6H3,(H,29,35)(H,30,32)(H,33,34)/t22?,27-/m0/s1. The molecule has 2 atom stereocenters. The van der Waals surface area contributed by atoms with Crippen LogP contribution in [0.4, 0.5) is 0 Å². The van der Waals surface area contributed by atoms with E-state index < -0.39 is 42.1 Å². The summed E-state index contributed by atoms with van der Waals surface area (Å²) in [7, 11) is 3.01. The predicted molar refractivity (Wildman–Crippen MR) is 146 cm³/mol. The van der Waals surface area contributed by atoms with Crippen molar-refractivity contribution in [1.29, 1.82) is 0 Å². The molecule has 3 N–H and O–H groups in total. The summed E-state index contributed by atoms with van der Waals surface area (Å²) in [5, 5.41) is 14.6. The zero-order valence-corrected chi connectivity index (χ0v) is 23.4. The Balaban J connectivity index is 2.10. The number of nitrogens with one attached hydrogen (secondary N) is 2. The molecule has 10 heteroatoms. The van der Waals surface area contributed by atoms with Crippen LogP contribution in [0.5, 0.6) is 11.5 Å². The fraction of sp³-hybridized carbons (Fsp3) is 0.429.